The molecule has 4 heteroatoms. The van der Waals surface area contributed by atoms with Gasteiger partial charge in [0.1, 0.15) is 5.82 Å². The van der Waals surface area contributed by atoms with Crippen LogP contribution in [0.15, 0.2) is 0 Å². The Morgan fingerprint density at radius 2 is 1.72 bits per heavy atom. The first-order valence-electron chi connectivity index (χ1n) is 6.63. The highest BCUT2D eigenvalue weighted by Gasteiger charge is 2.20. The Kier molecular flexibility index (Phi) is 3.94. The van der Waals surface area contributed by atoms with Crippen molar-refractivity contribution in [2.24, 2.45) is 0 Å². The van der Waals surface area contributed by atoms with Crippen LogP contribution in [0.25, 0.3) is 0 Å². The molecule has 1 aromatic rings. The molecular weight excluding hydrogens is 228 g/mol. The lowest BCUT2D eigenvalue weighted by atomic mass is 9.88. The lowest BCUT2D eigenvalue weighted by Crippen LogP contribution is -2.14. The zero-order chi connectivity index (χ0) is 13.1. The fourth-order valence-corrected chi connectivity index (χ4v) is 2.72. The van der Waals surface area contributed by atoms with Crippen LogP contribution in [0.3, 0.4) is 0 Å². The fraction of sp³-hybridized carbons (Fsp3) is 0.643. The van der Waals surface area contributed by atoms with Crippen molar-refractivity contribution in [3.63, 3.8) is 0 Å². The van der Waals surface area contributed by atoms with Gasteiger partial charge in [0.25, 0.3) is 0 Å². The van der Waals surface area contributed by atoms with Crippen LogP contribution < -0.4 is 0 Å². The van der Waals surface area contributed by atoms with Gasteiger partial charge in [0.05, 0.1) is 6.42 Å². The van der Waals surface area contributed by atoms with E-state index in [4.69, 9.17) is 5.11 Å². The third-order valence-corrected chi connectivity index (χ3v) is 3.74. The van der Waals surface area contributed by atoms with Crippen molar-refractivity contribution < 1.29 is 9.90 Å². The number of rotatable bonds is 3. The zero-order valence-corrected chi connectivity index (χ0v) is 11.1. The van der Waals surface area contributed by atoms with Gasteiger partial charge >= 0.3 is 5.97 Å². The van der Waals surface area contributed by atoms with Crippen molar-refractivity contribution in [1.29, 1.82) is 0 Å². The van der Waals surface area contributed by atoms with Gasteiger partial charge in [0.15, 0.2) is 0 Å². The van der Waals surface area contributed by atoms with Crippen molar-refractivity contribution in [1.82, 2.24) is 9.97 Å². The zero-order valence-electron chi connectivity index (χ0n) is 11.1. The summed E-state index contributed by atoms with van der Waals surface area (Å²) in [6.07, 6.45) is 6.16. The highest BCUT2D eigenvalue weighted by atomic mass is 16.4. The molecule has 0 aliphatic heterocycles. The standard InChI is InChI=1S/C14H20N2O2/c1-9-12(8-13(17)18)10(2)16-14(15-9)11-6-4-3-5-7-11/h11H,3-8H2,1-2H3,(H,17,18). The topological polar surface area (TPSA) is 63.1 Å². The summed E-state index contributed by atoms with van der Waals surface area (Å²) in [4.78, 5) is 19.9. The third kappa shape index (κ3) is 2.86. The van der Waals surface area contributed by atoms with Gasteiger partial charge in [-0.2, -0.15) is 0 Å². The molecule has 0 amide bonds. The van der Waals surface area contributed by atoms with Crippen molar-refractivity contribution >= 4 is 5.97 Å². The maximum absolute atomic E-state index is 10.8. The highest BCUT2D eigenvalue weighted by Crippen LogP contribution is 2.31. The quantitative estimate of drug-likeness (QED) is 0.893. The van der Waals surface area contributed by atoms with E-state index >= 15 is 0 Å². The predicted octanol–water partition coefficient (Wildman–Crippen LogP) is 2.77. The fourth-order valence-electron chi connectivity index (χ4n) is 2.72. The SMILES string of the molecule is Cc1nc(C2CCCCC2)nc(C)c1CC(=O)O. The number of hydrogen-bond acceptors (Lipinski definition) is 3. The smallest absolute Gasteiger partial charge is 0.307 e. The molecule has 0 aromatic carbocycles. The number of carbonyl (C=O) groups is 1. The van der Waals surface area contributed by atoms with Crippen LogP contribution in [-0.2, 0) is 11.2 Å². The lowest BCUT2D eigenvalue weighted by Gasteiger charge is -2.21. The average molecular weight is 248 g/mol. The minimum absolute atomic E-state index is 0.0165. The van der Waals surface area contributed by atoms with Gasteiger partial charge in [-0.05, 0) is 26.7 Å². The summed E-state index contributed by atoms with van der Waals surface area (Å²) in [6.45, 7) is 3.78. The molecule has 0 bridgehead atoms. The summed E-state index contributed by atoms with van der Waals surface area (Å²) < 4.78 is 0. The second-order valence-corrected chi connectivity index (χ2v) is 5.14. The van der Waals surface area contributed by atoms with E-state index in [0.717, 1.165) is 35.6 Å². The van der Waals surface area contributed by atoms with E-state index < -0.39 is 5.97 Å². The summed E-state index contributed by atoms with van der Waals surface area (Å²) in [7, 11) is 0. The monoisotopic (exact) mass is 248 g/mol. The minimum atomic E-state index is -0.824. The molecule has 0 spiro atoms. The van der Waals surface area contributed by atoms with Gasteiger partial charge in [-0.1, -0.05) is 19.3 Å². The molecule has 1 heterocycles. The number of aliphatic carboxylic acids is 1. The second kappa shape index (κ2) is 5.46. The summed E-state index contributed by atoms with van der Waals surface area (Å²) in [5.41, 5.74) is 2.41. The largest absolute Gasteiger partial charge is 0.481 e. The van der Waals surface area contributed by atoms with E-state index in [1.165, 1.54) is 19.3 Å². The lowest BCUT2D eigenvalue weighted by molar-refractivity contribution is -0.136. The van der Waals surface area contributed by atoms with Crippen molar-refractivity contribution in [3.8, 4) is 0 Å². The van der Waals surface area contributed by atoms with E-state index in [9.17, 15) is 4.79 Å². The molecule has 0 atom stereocenters. The first-order valence-corrected chi connectivity index (χ1v) is 6.63. The molecule has 1 aliphatic carbocycles. The molecule has 1 saturated carbocycles. The van der Waals surface area contributed by atoms with Gasteiger partial charge in [0.2, 0.25) is 0 Å². The van der Waals surface area contributed by atoms with Crippen LogP contribution in [-0.4, -0.2) is 21.0 Å². The Morgan fingerprint density at radius 3 is 2.22 bits per heavy atom. The summed E-state index contributed by atoms with van der Waals surface area (Å²) in [5.74, 6) is 0.559. The highest BCUT2D eigenvalue weighted by molar-refractivity contribution is 5.70. The number of hydrogen-bond donors (Lipinski definition) is 1. The first kappa shape index (κ1) is 13.0. The molecule has 1 aromatic heterocycles. The van der Waals surface area contributed by atoms with E-state index in [0.29, 0.717) is 5.92 Å². The molecule has 98 valence electrons. The van der Waals surface area contributed by atoms with E-state index in [2.05, 4.69) is 9.97 Å². The molecule has 0 radical (unpaired) electrons. The van der Waals surface area contributed by atoms with Crippen LogP contribution in [0.1, 0.15) is 60.8 Å². The molecular formula is C14H20N2O2. The number of carboxylic acid groups (broad SMARTS) is 1. The summed E-state index contributed by atoms with van der Waals surface area (Å²) >= 11 is 0. The number of aryl methyl sites for hydroxylation is 2. The number of aromatic nitrogens is 2. The second-order valence-electron chi connectivity index (χ2n) is 5.14. The van der Waals surface area contributed by atoms with E-state index in [1.54, 1.807) is 0 Å². The Hall–Kier alpha value is -1.45. The Bertz CT molecular complexity index is 428. The summed E-state index contributed by atoms with van der Waals surface area (Å²) in [5, 5.41) is 8.88. The van der Waals surface area contributed by atoms with Crippen molar-refractivity contribution in [2.45, 2.75) is 58.3 Å². The van der Waals surface area contributed by atoms with Gasteiger partial charge in [-0.25, -0.2) is 9.97 Å². The molecule has 1 N–H and O–H groups in total. The maximum Gasteiger partial charge on any atom is 0.307 e. The Morgan fingerprint density at radius 1 is 1.17 bits per heavy atom. The average Bonchev–Trinajstić information content (AvgIpc) is 2.34. The van der Waals surface area contributed by atoms with E-state index in [-0.39, 0.29) is 6.42 Å². The van der Waals surface area contributed by atoms with Crippen LogP contribution in [0, 0.1) is 13.8 Å². The maximum atomic E-state index is 10.8. The van der Waals surface area contributed by atoms with Gasteiger partial charge < -0.3 is 5.11 Å². The van der Waals surface area contributed by atoms with Crippen LogP contribution in [0.5, 0.6) is 0 Å². The normalized spacial score (nSPS) is 16.8. The number of nitrogens with zero attached hydrogens (tertiary/aromatic N) is 2. The van der Waals surface area contributed by atoms with Crippen LogP contribution >= 0.6 is 0 Å². The predicted molar refractivity (Wildman–Crippen MR) is 68.7 cm³/mol. The molecule has 18 heavy (non-hydrogen) atoms. The molecule has 0 saturated heterocycles. The third-order valence-electron chi connectivity index (χ3n) is 3.74. The van der Waals surface area contributed by atoms with Crippen molar-refractivity contribution in [3.05, 3.63) is 22.8 Å². The number of carboxylic acids is 1. The van der Waals surface area contributed by atoms with Crippen LogP contribution in [0.4, 0.5) is 0 Å². The minimum Gasteiger partial charge on any atom is -0.481 e. The molecule has 1 fully saturated rings. The van der Waals surface area contributed by atoms with Crippen molar-refractivity contribution in [2.75, 3.05) is 0 Å². The Labute approximate surface area is 107 Å². The summed E-state index contributed by atoms with van der Waals surface area (Å²) in [6, 6.07) is 0. The molecule has 1 aliphatic rings. The van der Waals surface area contributed by atoms with Gasteiger partial charge in [0, 0.05) is 22.9 Å². The van der Waals surface area contributed by atoms with Gasteiger partial charge in [-0.15, -0.1) is 0 Å². The van der Waals surface area contributed by atoms with Crippen LogP contribution in [0.2, 0.25) is 0 Å². The van der Waals surface area contributed by atoms with E-state index in [1.807, 2.05) is 13.8 Å². The molecule has 0 unspecified atom stereocenters. The molecule has 4 nitrogen and oxygen atoms in total. The molecule has 2 rings (SSSR count). The first-order chi connectivity index (χ1) is 8.58. The Balaban J connectivity index is 2.26. The van der Waals surface area contributed by atoms with Gasteiger partial charge in [-0.3, -0.25) is 4.79 Å².